The van der Waals surface area contributed by atoms with Crippen molar-refractivity contribution in [1.82, 2.24) is 9.97 Å². The quantitative estimate of drug-likeness (QED) is 0.718. The third kappa shape index (κ3) is 2.29. The highest BCUT2D eigenvalue weighted by molar-refractivity contribution is 6.29. The zero-order valence-corrected chi connectivity index (χ0v) is 10.6. The number of halogens is 2. The van der Waals surface area contributed by atoms with Crippen LogP contribution in [-0.2, 0) is 0 Å². The Bertz CT molecular complexity index is 559. The molecule has 2 rings (SSSR count). The highest BCUT2D eigenvalue weighted by Crippen LogP contribution is 2.24. The van der Waals surface area contributed by atoms with Gasteiger partial charge in [0.1, 0.15) is 0 Å². The van der Waals surface area contributed by atoms with Gasteiger partial charge in [-0.05, 0) is 26.3 Å². The fourth-order valence-corrected chi connectivity index (χ4v) is 1.93. The molecule has 0 spiro atoms. The molecule has 1 aromatic heterocycles. The molecule has 0 aliphatic carbocycles. The van der Waals surface area contributed by atoms with Crippen LogP contribution in [0.1, 0.15) is 16.8 Å². The molecule has 0 unspecified atom stereocenters. The molecule has 2 aromatic rings. The molecule has 17 heavy (non-hydrogen) atoms. The third-order valence-electron chi connectivity index (χ3n) is 2.60. The van der Waals surface area contributed by atoms with Crippen molar-refractivity contribution in [3.05, 3.63) is 46.0 Å². The van der Waals surface area contributed by atoms with E-state index >= 15 is 0 Å². The number of benzene rings is 1. The summed E-state index contributed by atoms with van der Waals surface area (Å²) < 4.78 is 13.3. The van der Waals surface area contributed by atoms with E-state index in [2.05, 4.69) is 9.97 Å². The minimum absolute atomic E-state index is 0.132. The van der Waals surface area contributed by atoms with E-state index in [1.807, 2.05) is 32.0 Å². The molecule has 4 heteroatoms. The lowest BCUT2D eigenvalue weighted by Crippen LogP contribution is -1.98. The van der Waals surface area contributed by atoms with Crippen LogP contribution in [-0.4, -0.2) is 9.97 Å². The second-order valence-corrected chi connectivity index (χ2v) is 4.41. The van der Waals surface area contributed by atoms with Crippen molar-refractivity contribution >= 4 is 11.6 Å². The minimum Gasteiger partial charge on any atom is -0.230 e. The Hall–Kier alpha value is -1.48. The third-order valence-corrected chi connectivity index (χ3v) is 2.85. The van der Waals surface area contributed by atoms with Crippen LogP contribution >= 0.6 is 11.6 Å². The fraction of sp³-hybridized carbons (Fsp3) is 0.231. The smallest absolute Gasteiger partial charge is 0.181 e. The summed E-state index contributed by atoms with van der Waals surface area (Å²) in [7, 11) is 0. The SMILES string of the molecule is Cc1ccc(-c2nc(C)c(F)c(Cl)n2)c(C)c1. The summed E-state index contributed by atoms with van der Waals surface area (Å²) in [6.07, 6.45) is 0. The maximum absolute atomic E-state index is 13.3. The largest absolute Gasteiger partial charge is 0.230 e. The molecule has 88 valence electrons. The predicted molar refractivity (Wildman–Crippen MR) is 66.6 cm³/mol. The molecule has 0 amide bonds. The molecule has 0 saturated heterocycles. The van der Waals surface area contributed by atoms with E-state index < -0.39 is 5.82 Å². The summed E-state index contributed by atoms with van der Waals surface area (Å²) in [5, 5.41) is -0.132. The van der Waals surface area contributed by atoms with Crippen LogP contribution in [0.4, 0.5) is 4.39 Å². The molecule has 0 radical (unpaired) electrons. The van der Waals surface area contributed by atoms with Gasteiger partial charge in [-0.1, -0.05) is 35.4 Å². The Morgan fingerprint density at radius 3 is 2.41 bits per heavy atom. The molecule has 0 atom stereocenters. The number of nitrogens with zero attached hydrogens (tertiary/aromatic N) is 2. The van der Waals surface area contributed by atoms with Crippen molar-refractivity contribution < 1.29 is 4.39 Å². The van der Waals surface area contributed by atoms with E-state index in [4.69, 9.17) is 11.6 Å². The molecule has 0 saturated carbocycles. The maximum Gasteiger partial charge on any atom is 0.181 e. The lowest BCUT2D eigenvalue weighted by atomic mass is 10.1. The molecule has 1 heterocycles. The highest BCUT2D eigenvalue weighted by Gasteiger charge is 2.12. The van der Waals surface area contributed by atoms with Crippen molar-refractivity contribution in [2.75, 3.05) is 0 Å². The summed E-state index contributed by atoms with van der Waals surface area (Å²) in [5.74, 6) is -0.0911. The zero-order valence-electron chi connectivity index (χ0n) is 9.88. The summed E-state index contributed by atoms with van der Waals surface area (Å²) in [6.45, 7) is 5.56. The second-order valence-electron chi connectivity index (χ2n) is 4.06. The van der Waals surface area contributed by atoms with Gasteiger partial charge in [0.25, 0.3) is 0 Å². The average molecular weight is 251 g/mol. The van der Waals surface area contributed by atoms with E-state index in [1.54, 1.807) is 6.92 Å². The first-order chi connectivity index (χ1) is 7.99. The van der Waals surface area contributed by atoms with Gasteiger partial charge in [-0.3, -0.25) is 0 Å². The lowest BCUT2D eigenvalue weighted by Gasteiger charge is -2.07. The predicted octanol–water partition coefficient (Wildman–Crippen LogP) is 3.86. The van der Waals surface area contributed by atoms with E-state index in [1.165, 1.54) is 0 Å². The number of rotatable bonds is 1. The molecule has 0 N–H and O–H groups in total. The number of aryl methyl sites for hydroxylation is 3. The zero-order chi connectivity index (χ0) is 12.6. The van der Waals surface area contributed by atoms with Gasteiger partial charge in [-0.15, -0.1) is 0 Å². The molecule has 2 nitrogen and oxygen atoms in total. The molecular formula is C13H12ClFN2. The summed E-state index contributed by atoms with van der Waals surface area (Å²) in [5.41, 5.74) is 3.35. The Labute approximate surface area is 104 Å². The van der Waals surface area contributed by atoms with Crippen molar-refractivity contribution in [2.24, 2.45) is 0 Å². The van der Waals surface area contributed by atoms with Crippen molar-refractivity contribution in [2.45, 2.75) is 20.8 Å². The second kappa shape index (κ2) is 4.41. The summed E-state index contributed by atoms with van der Waals surface area (Å²) >= 11 is 5.73. The monoisotopic (exact) mass is 250 g/mol. The first-order valence-corrected chi connectivity index (χ1v) is 5.64. The van der Waals surface area contributed by atoms with E-state index in [9.17, 15) is 4.39 Å². The van der Waals surface area contributed by atoms with Crippen LogP contribution < -0.4 is 0 Å². The topological polar surface area (TPSA) is 25.8 Å². The standard InChI is InChI=1S/C13H12ClFN2/c1-7-4-5-10(8(2)6-7)13-16-9(3)11(15)12(14)17-13/h4-6H,1-3H3. The normalized spacial score (nSPS) is 10.6. The van der Waals surface area contributed by atoms with Gasteiger partial charge >= 0.3 is 0 Å². The van der Waals surface area contributed by atoms with Crippen molar-refractivity contribution in [3.8, 4) is 11.4 Å². The molecule has 0 bridgehead atoms. The summed E-state index contributed by atoms with van der Waals surface area (Å²) in [4.78, 5) is 8.10. The molecule has 0 fully saturated rings. The van der Waals surface area contributed by atoms with Crippen molar-refractivity contribution in [3.63, 3.8) is 0 Å². The molecule has 0 aliphatic heterocycles. The first kappa shape index (κ1) is 12.0. The van der Waals surface area contributed by atoms with E-state index in [-0.39, 0.29) is 10.8 Å². The fourth-order valence-electron chi connectivity index (χ4n) is 1.71. The Balaban J connectivity index is 2.61. The number of aromatic nitrogens is 2. The van der Waals surface area contributed by atoms with Gasteiger partial charge in [-0.2, -0.15) is 0 Å². The molecule has 1 aromatic carbocycles. The Morgan fingerprint density at radius 1 is 1.12 bits per heavy atom. The van der Waals surface area contributed by atoms with E-state index in [0.29, 0.717) is 5.82 Å². The van der Waals surface area contributed by atoms with Gasteiger partial charge in [-0.25, -0.2) is 14.4 Å². The van der Waals surface area contributed by atoms with Crippen LogP contribution in [0.2, 0.25) is 5.15 Å². The van der Waals surface area contributed by atoms with Crippen molar-refractivity contribution in [1.29, 1.82) is 0 Å². The van der Waals surface area contributed by atoms with Crippen LogP contribution in [0.3, 0.4) is 0 Å². The van der Waals surface area contributed by atoms with Gasteiger partial charge in [0.05, 0.1) is 5.69 Å². The van der Waals surface area contributed by atoms with Crippen LogP contribution in [0.15, 0.2) is 18.2 Å². The van der Waals surface area contributed by atoms with Gasteiger partial charge in [0.2, 0.25) is 0 Å². The van der Waals surface area contributed by atoms with E-state index in [0.717, 1.165) is 16.7 Å². The van der Waals surface area contributed by atoms with Crippen LogP contribution in [0.25, 0.3) is 11.4 Å². The van der Waals surface area contributed by atoms with Gasteiger partial charge < -0.3 is 0 Å². The Kier molecular flexibility index (Phi) is 3.11. The lowest BCUT2D eigenvalue weighted by molar-refractivity contribution is 0.603. The number of hydrogen-bond donors (Lipinski definition) is 0. The van der Waals surface area contributed by atoms with Crippen LogP contribution in [0, 0.1) is 26.6 Å². The highest BCUT2D eigenvalue weighted by atomic mass is 35.5. The summed E-state index contributed by atoms with van der Waals surface area (Å²) in [6, 6.07) is 5.93. The molecular weight excluding hydrogens is 239 g/mol. The van der Waals surface area contributed by atoms with Gasteiger partial charge in [0, 0.05) is 5.56 Å². The van der Waals surface area contributed by atoms with Crippen LogP contribution in [0.5, 0.6) is 0 Å². The Morgan fingerprint density at radius 2 is 1.82 bits per heavy atom. The van der Waals surface area contributed by atoms with Gasteiger partial charge in [0.15, 0.2) is 16.8 Å². The number of hydrogen-bond acceptors (Lipinski definition) is 2. The minimum atomic E-state index is -0.555. The first-order valence-electron chi connectivity index (χ1n) is 5.26. The maximum atomic E-state index is 13.3. The average Bonchev–Trinajstić information content (AvgIpc) is 2.25. The molecule has 0 aliphatic rings.